The molecule has 0 aliphatic heterocycles. The number of phosphoric ester groups is 2. The molecule has 0 aromatic carbocycles. The van der Waals surface area contributed by atoms with E-state index in [1.54, 1.807) is 0 Å². The first-order valence-corrected chi connectivity index (χ1v) is 40.7. The molecule has 0 saturated heterocycles. The lowest BCUT2D eigenvalue weighted by molar-refractivity contribution is -0.161. The van der Waals surface area contributed by atoms with Gasteiger partial charge in [0, 0.05) is 25.7 Å². The van der Waals surface area contributed by atoms with Crippen molar-refractivity contribution >= 4 is 39.5 Å². The summed E-state index contributed by atoms with van der Waals surface area (Å²) < 4.78 is 68.2. The van der Waals surface area contributed by atoms with Gasteiger partial charge in [0.25, 0.3) is 0 Å². The lowest BCUT2D eigenvalue weighted by Gasteiger charge is -2.21. The predicted molar refractivity (Wildman–Crippen MR) is 368 cm³/mol. The number of hydrogen-bond acceptors (Lipinski definition) is 15. The van der Waals surface area contributed by atoms with Crippen molar-refractivity contribution in [2.45, 2.75) is 393 Å². The SMILES string of the molecule is CCCCCCCCCCCCCCCCCCCCCCCCC(=O)O[C@H](COC(=O)CCCCCCCCCCC(C)CC)COP(=O)(O)OC[C@@H](O)COP(=O)(O)OC[C@@H](COC(=O)CCCCCCCCC)OC(=O)CCCCCCCCCCCC. The zero-order valence-electron chi connectivity index (χ0n) is 59.0. The smallest absolute Gasteiger partial charge is 0.462 e. The van der Waals surface area contributed by atoms with Gasteiger partial charge in [-0.1, -0.05) is 324 Å². The summed E-state index contributed by atoms with van der Waals surface area (Å²) in [5.41, 5.74) is 0. The molecule has 3 unspecified atom stereocenters. The summed E-state index contributed by atoms with van der Waals surface area (Å²) in [6.07, 6.45) is 53.0. The fourth-order valence-electron chi connectivity index (χ4n) is 11.0. The van der Waals surface area contributed by atoms with Gasteiger partial charge in [0.05, 0.1) is 26.4 Å². The maximum Gasteiger partial charge on any atom is 0.472 e. The normalized spacial score (nSPS) is 14.3. The van der Waals surface area contributed by atoms with Gasteiger partial charge in [0.1, 0.15) is 19.3 Å². The van der Waals surface area contributed by atoms with Gasteiger partial charge in [-0.3, -0.25) is 37.3 Å². The molecule has 540 valence electrons. The maximum absolute atomic E-state index is 13.0. The van der Waals surface area contributed by atoms with Crippen molar-refractivity contribution in [3.8, 4) is 0 Å². The van der Waals surface area contributed by atoms with E-state index in [0.29, 0.717) is 25.7 Å². The Kier molecular flexibility index (Phi) is 64.0. The van der Waals surface area contributed by atoms with Gasteiger partial charge in [-0.05, 0) is 31.6 Å². The van der Waals surface area contributed by atoms with Gasteiger partial charge in [-0.15, -0.1) is 0 Å². The monoisotopic (exact) mass is 1340 g/mol. The number of hydrogen-bond donors (Lipinski definition) is 3. The zero-order chi connectivity index (χ0) is 67.0. The Bertz CT molecular complexity index is 1760. The molecule has 17 nitrogen and oxygen atoms in total. The fraction of sp³-hybridized carbons (Fsp3) is 0.944. The second kappa shape index (κ2) is 65.4. The van der Waals surface area contributed by atoms with E-state index in [9.17, 15) is 43.2 Å². The predicted octanol–water partition coefficient (Wildman–Crippen LogP) is 20.9. The van der Waals surface area contributed by atoms with Crippen LogP contribution < -0.4 is 0 Å². The summed E-state index contributed by atoms with van der Waals surface area (Å²) in [6, 6.07) is 0. The molecule has 0 rings (SSSR count). The standard InChI is InChI=1S/C72H140O17P2/c1-6-10-13-16-19-21-23-24-25-26-27-28-29-30-31-32-33-34-36-43-48-53-58-72(77)89-68(62-83-70(75)56-51-46-41-38-37-40-44-49-54-65(5)9-4)64-87-91(80,81)85-60-66(73)59-84-90(78,79)86-63-67(61-82-69(74)55-50-45-39-18-15-12-8-3)88-71(76)57-52-47-42-35-22-20-17-14-11-7-2/h65-68,73H,6-64H2,1-5H3,(H,78,79)(H,80,81)/t65?,66-,67+,68+/m0/s1. The van der Waals surface area contributed by atoms with Crippen LogP contribution in [0.3, 0.4) is 0 Å². The number of esters is 4. The van der Waals surface area contributed by atoms with Gasteiger partial charge in [-0.2, -0.15) is 0 Å². The summed E-state index contributed by atoms with van der Waals surface area (Å²) in [5.74, 6) is -1.35. The van der Waals surface area contributed by atoms with Crippen LogP contribution in [0.2, 0.25) is 0 Å². The third kappa shape index (κ3) is 65.1. The Labute approximate surface area is 556 Å². The minimum Gasteiger partial charge on any atom is -0.462 e. The van der Waals surface area contributed by atoms with E-state index in [1.807, 2.05) is 0 Å². The van der Waals surface area contributed by atoms with Crippen LogP contribution in [-0.4, -0.2) is 96.7 Å². The van der Waals surface area contributed by atoms with Gasteiger partial charge in [0.15, 0.2) is 12.2 Å². The van der Waals surface area contributed by atoms with Gasteiger partial charge < -0.3 is 33.8 Å². The molecule has 91 heavy (non-hydrogen) atoms. The third-order valence-electron chi connectivity index (χ3n) is 17.1. The quantitative estimate of drug-likeness (QED) is 0.0222. The molecular weight excluding hydrogens is 1200 g/mol. The number of ether oxygens (including phenoxy) is 4. The average molecular weight is 1340 g/mol. The van der Waals surface area contributed by atoms with E-state index in [0.717, 1.165) is 109 Å². The van der Waals surface area contributed by atoms with Crippen molar-refractivity contribution in [2.75, 3.05) is 39.6 Å². The third-order valence-corrected chi connectivity index (χ3v) is 19.0. The molecule has 6 atom stereocenters. The number of carbonyl (C=O) groups is 4. The average Bonchev–Trinajstić information content (AvgIpc) is 3.63. The number of phosphoric acid groups is 2. The molecule has 19 heteroatoms. The molecule has 0 heterocycles. The molecule has 0 fully saturated rings. The first-order valence-electron chi connectivity index (χ1n) is 37.7. The van der Waals surface area contributed by atoms with Crippen molar-refractivity contribution in [3.05, 3.63) is 0 Å². The Morgan fingerprint density at radius 1 is 0.308 bits per heavy atom. The molecule has 0 aromatic rings. The van der Waals surface area contributed by atoms with Crippen LogP contribution in [0.25, 0.3) is 0 Å². The van der Waals surface area contributed by atoms with Crippen LogP contribution in [0.5, 0.6) is 0 Å². The Morgan fingerprint density at radius 2 is 0.527 bits per heavy atom. The van der Waals surface area contributed by atoms with E-state index < -0.39 is 97.5 Å². The van der Waals surface area contributed by atoms with Crippen molar-refractivity contribution in [3.63, 3.8) is 0 Å². The summed E-state index contributed by atoms with van der Waals surface area (Å²) in [7, 11) is -9.89. The van der Waals surface area contributed by atoms with Crippen LogP contribution in [0.1, 0.15) is 375 Å². The summed E-state index contributed by atoms with van der Waals surface area (Å²) in [4.78, 5) is 72.4. The number of rotatable bonds is 72. The summed E-state index contributed by atoms with van der Waals surface area (Å²) in [5, 5.41) is 10.6. The Hall–Kier alpha value is -1.94. The highest BCUT2D eigenvalue weighted by molar-refractivity contribution is 7.47. The van der Waals surface area contributed by atoms with Crippen LogP contribution >= 0.6 is 15.6 Å². The van der Waals surface area contributed by atoms with E-state index in [4.69, 9.17) is 37.0 Å². The van der Waals surface area contributed by atoms with Crippen LogP contribution in [0.15, 0.2) is 0 Å². The molecule has 0 aliphatic rings. The molecule has 0 aliphatic carbocycles. The van der Waals surface area contributed by atoms with E-state index in [2.05, 4.69) is 34.6 Å². The summed E-state index contributed by atoms with van der Waals surface area (Å²) in [6.45, 7) is 7.20. The van der Waals surface area contributed by atoms with Gasteiger partial charge in [0.2, 0.25) is 0 Å². The number of carbonyl (C=O) groups excluding carboxylic acids is 4. The van der Waals surface area contributed by atoms with Crippen LogP contribution in [-0.2, 0) is 65.4 Å². The van der Waals surface area contributed by atoms with E-state index in [-0.39, 0.29) is 25.7 Å². The topological polar surface area (TPSA) is 237 Å². The number of aliphatic hydroxyl groups excluding tert-OH is 1. The zero-order valence-corrected chi connectivity index (χ0v) is 60.8. The molecule has 0 saturated carbocycles. The second-order valence-corrected chi connectivity index (χ2v) is 29.1. The Morgan fingerprint density at radius 3 is 0.780 bits per heavy atom. The van der Waals surface area contributed by atoms with Crippen LogP contribution in [0, 0.1) is 5.92 Å². The van der Waals surface area contributed by atoms with Crippen molar-refractivity contribution in [1.29, 1.82) is 0 Å². The van der Waals surface area contributed by atoms with Gasteiger partial charge >= 0.3 is 39.5 Å². The fourth-order valence-corrected chi connectivity index (χ4v) is 12.5. The largest absolute Gasteiger partial charge is 0.472 e. The Balaban J connectivity index is 5.12. The van der Waals surface area contributed by atoms with E-state index >= 15 is 0 Å². The number of unbranched alkanes of at least 4 members (excludes halogenated alkanes) is 43. The minimum atomic E-state index is -4.95. The maximum atomic E-state index is 13.0. The lowest BCUT2D eigenvalue weighted by Crippen LogP contribution is -2.30. The highest BCUT2D eigenvalue weighted by Gasteiger charge is 2.30. The molecule has 0 radical (unpaired) electrons. The molecule has 0 spiro atoms. The minimum absolute atomic E-state index is 0.106. The lowest BCUT2D eigenvalue weighted by atomic mass is 9.99. The van der Waals surface area contributed by atoms with E-state index in [1.165, 1.54) is 186 Å². The second-order valence-electron chi connectivity index (χ2n) is 26.2. The first-order chi connectivity index (χ1) is 44.1. The summed E-state index contributed by atoms with van der Waals surface area (Å²) >= 11 is 0. The molecule has 0 aromatic heterocycles. The van der Waals surface area contributed by atoms with Crippen molar-refractivity contribution < 1.29 is 80.2 Å². The van der Waals surface area contributed by atoms with Gasteiger partial charge in [-0.25, -0.2) is 9.13 Å². The van der Waals surface area contributed by atoms with Crippen molar-refractivity contribution in [2.24, 2.45) is 5.92 Å². The molecule has 3 N–H and O–H groups in total. The van der Waals surface area contributed by atoms with Crippen molar-refractivity contribution in [1.82, 2.24) is 0 Å². The highest BCUT2D eigenvalue weighted by atomic mass is 31.2. The molecule has 0 amide bonds. The number of aliphatic hydroxyl groups is 1. The van der Waals surface area contributed by atoms with Crippen LogP contribution in [0.4, 0.5) is 0 Å². The first kappa shape index (κ1) is 89.1. The molecule has 0 bridgehead atoms. The molecular formula is C72H140O17P2. The highest BCUT2D eigenvalue weighted by Crippen LogP contribution is 2.45.